The molecule has 0 aliphatic heterocycles. The highest BCUT2D eigenvalue weighted by molar-refractivity contribution is 5.66. The maximum atomic E-state index is 5.83. The lowest BCUT2D eigenvalue weighted by Crippen LogP contribution is -1.98. The third-order valence-corrected chi connectivity index (χ3v) is 2.76. The van der Waals surface area contributed by atoms with E-state index in [-0.39, 0.29) is 0 Å². The Hall–Kier alpha value is -2.62. The zero-order chi connectivity index (χ0) is 12.9. The van der Waals surface area contributed by atoms with Gasteiger partial charge in [0.1, 0.15) is 12.4 Å². The van der Waals surface area contributed by atoms with E-state index in [9.17, 15) is 0 Å². The molecule has 0 radical (unpaired) electrons. The van der Waals surface area contributed by atoms with Crippen LogP contribution in [0.15, 0.2) is 61.2 Å². The standard InChI is InChI=1S/C15H13N3O/c1-2-7-15(13(6-1)14-9-16-11-18-14)19-10-12-5-3-4-8-17-12/h1-9,11H,10H2,(H,16,18). The predicted octanol–water partition coefficient (Wildman–Crippen LogP) is 3.05. The van der Waals surface area contributed by atoms with E-state index in [1.165, 1.54) is 0 Å². The first-order valence-electron chi connectivity index (χ1n) is 6.04. The van der Waals surface area contributed by atoms with Gasteiger partial charge in [-0.05, 0) is 24.3 Å². The molecular weight excluding hydrogens is 238 g/mol. The Morgan fingerprint density at radius 1 is 1.00 bits per heavy atom. The van der Waals surface area contributed by atoms with Gasteiger partial charge in [-0.25, -0.2) is 4.98 Å². The van der Waals surface area contributed by atoms with Gasteiger partial charge in [0, 0.05) is 18.0 Å². The predicted molar refractivity (Wildman–Crippen MR) is 72.6 cm³/mol. The maximum Gasteiger partial charge on any atom is 0.130 e. The quantitative estimate of drug-likeness (QED) is 0.775. The Morgan fingerprint density at radius 3 is 2.68 bits per heavy atom. The maximum absolute atomic E-state index is 5.83. The molecule has 2 heterocycles. The van der Waals surface area contributed by atoms with Crippen molar-refractivity contribution in [1.82, 2.24) is 15.0 Å². The van der Waals surface area contributed by atoms with Crippen molar-refractivity contribution in [2.75, 3.05) is 0 Å². The first-order chi connectivity index (χ1) is 9.43. The minimum absolute atomic E-state index is 0.447. The first kappa shape index (κ1) is 11.5. The van der Waals surface area contributed by atoms with E-state index in [0.29, 0.717) is 6.61 Å². The van der Waals surface area contributed by atoms with Crippen molar-refractivity contribution in [3.8, 4) is 17.0 Å². The van der Waals surface area contributed by atoms with Crippen LogP contribution >= 0.6 is 0 Å². The minimum Gasteiger partial charge on any atom is -0.487 e. The molecule has 0 aliphatic carbocycles. The first-order valence-corrected chi connectivity index (χ1v) is 6.04. The molecule has 4 heteroatoms. The van der Waals surface area contributed by atoms with Crippen LogP contribution < -0.4 is 4.74 Å². The Bertz CT molecular complexity index is 636. The fourth-order valence-electron chi connectivity index (χ4n) is 1.85. The molecule has 3 aromatic rings. The molecule has 0 spiro atoms. The molecule has 3 rings (SSSR count). The van der Waals surface area contributed by atoms with Crippen molar-refractivity contribution in [2.24, 2.45) is 0 Å². The normalized spacial score (nSPS) is 10.3. The van der Waals surface area contributed by atoms with Gasteiger partial charge in [0.25, 0.3) is 0 Å². The van der Waals surface area contributed by atoms with Gasteiger partial charge in [-0.15, -0.1) is 0 Å². The van der Waals surface area contributed by atoms with Crippen molar-refractivity contribution in [3.05, 3.63) is 66.9 Å². The average Bonchev–Trinajstić information content (AvgIpc) is 3.01. The number of hydrogen-bond donors (Lipinski definition) is 1. The van der Waals surface area contributed by atoms with Crippen LogP contribution in [0.3, 0.4) is 0 Å². The molecule has 0 atom stereocenters. The molecule has 2 aromatic heterocycles. The minimum atomic E-state index is 0.447. The third kappa shape index (κ3) is 2.63. The van der Waals surface area contributed by atoms with Gasteiger partial charge in [-0.1, -0.05) is 18.2 Å². The number of hydrogen-bond acceptors (Lipinski definition) is 3. The average molecular weight is 251 g/mol. The van der Waals surface area contributed by atoms with Gasteiger partial charge in [0.2, 0.25) is 0 Å². The smallest absolute Gasteiger partial charge is 0.130 e. The van der Waals surface area contributed by atoms with Gasteiger partial charge >= 0.3 is 0 Å². The lowest BCUT2D eigenvalue weighted by molar-refractivity contribution is 0.302. The Morgan fingerprint density at radius 2 is 1.89 bits per heavy atom. The lowest BCUT2D eigenvalue weighted by Gasteiger charge is -2.09. The second kappa shape index (κ2) is 5.35. The fraction of sp³-hybridized carbons (Fsp3) is 0.0667. The van der Waals surface area contributed by atoms with Crippen molar-refractivity contribution in [3.63, 3.8) is 0 Å². The summed E-state index contributed by atoms with van der Waals surface area (Å²) in [5.41, 5.74) is 2.75. The number of ether oxygens (including phenoxy) is 1. The highest BCUT2D eigenvalue weighted by Crippen LogP contribution is 2.28. The molecule has 0 amide bonds. The number of pyridine rings is 1. The van der Waals surface area contributed by atoms with Crippen LogP contribution in [0, 0.1) is 0 Å². The van der Waals surface area contributed by atoms with E-state index < -0.39 is 0 Å². The number of H-pyrrole nitrogens is 1. The molecule has 1 N–H and O–H groups in total. The fourth-order valence-corrected chi connectivity index (χ4v) is 1.85. The molecule has 0 unspecified atom stereocenters. The van der Waals surface area contributed by atoms with Crippen LogP contribution in [0.2, 0.25) is 0 Å². The highest BCUT2D eigenvalue weighted by atomic mass is 16.5. The van der Waals surface area contributed by atoms with Gasteiger partial charge in [0.15, 0.2) is 0 Å². The summed E-state index contributed by atoms with van der Waals surface area (Å²) in [7, 11) is 0. The largest absolute Gasteiger partial charge is 0.487 e. The van der Waals surface area contributed by atoms with Crippen LogP contribution in [0.1, 0.15) is 5.69 Å². The number of imidazole rings is 1. The zero-order valence-electron chi connectivity index (χ0n) is 10.3. The number of aromatic nitrogens is 3. The number of benzene rings is 1. The topological polar surface area (TPSA) is 50.8 Å². The summed E-state index contributed by atoms with van der Waals surface area (Å²) in [6, 6.07) is 13.6. The van der Waals surface area contributed by atoms with Crippen LogP contribution in [0.5, 0.6) is 5.75 Å². The molecule has 0 saturated heterocycles. The SMILES string of the molecule is c1ccc(COc2ccccc2-c2c[nH]cn2)nc1. The van der Waals surface area contributed by atoms with E-state index in [2.05, 4.69) is 15.0 Å². The van der Waals surface area contributed by atoms with Gasteiger partial charge in [0.05, 0.1) is 17.7 Å². The molecule has 4 nitrogen and oxygen atoms in total. The van der Waals surface area contributed by atoms with E-state index in [0.717, 1.165) is 22.7 Å². The summed E-state index contributed by atoms with van der Waals surface area (Å²) in [6.07, 6.45) is 5.27. The van der Waals surface area contributed by atoms with E-state index in [1.54, 1.807) is 12.5 Å². The number of nitrogens with one attached hydrogen (secondary N) is 1. The van der Waals surface area contributed by atoms with E-state index in [1.807, 2.05) is 48.7 Å². The summed E-state index contributed by atoms with van der Waals surface area (Å²) in [5.74, 6) is 0.806. The van der Waals surface area contributed by atoms with Gasteiger partial charge < -0.3 is 9.72 Å². The van der Waals surface area contributed by atoms with Crippen LogP contribution in [-0.4, -0.2) is 15.0 Å². The summed E-state index contributed by atoms with van der Waals surface area (Å²) in [5, 5.41) is 0. The molecule has 0 aliphatic rings. The molecule has 94 valence electrons. The number of rotatable bonds is 4. The Balaban J connectivity index is 1.82. The van der Waals surface area contributed by atoms with Gasteiger partial charge in [-0.2, -0.15) is 0 Å². The van der Waals surface area contributed by atoms with E-state index in [4.69, 9.17) is 4.74 Å². The van der Waals surface area contributed by atoms with E-state index >= 15 is 0 Å². The Kier molecular flexibility index (Phi) is 3.23. The molecule has 0 bridgehead atoms. The molecule has 0 fully saturated rings. The number of aromatic amines is 1. The lowest BCUT2D eigenvalue weighted by atomic mass is 10.1. The van der Waals surface area contributed by atoms with Crippen LogP contribution in [0.4, 0.5) is 0 Å². The zero-order valence-corrected chi connectivity index (χ0v) is 10.3. The second-order valence-corrected chi connectivity index (χ2v) is 4.06. The molecule has 19 heavy (non-hydrogen) atoms. The van der Waals surface area contributed by atoms with Gasteiger partial charge in [-0.3, -0.25) is 4.98 Å². The molecular formula is C15H13N3O. The summed E-state index contributed by atoms with van der Waals surface area (Å²) >= 11 is 0. The van der Waals surface area contributed by atoms with Crippen molar-refractivity contribution >= 4 is 0 Å². The van der Waals surface area contributed by atoms with Crippen LogP contribution in [-0.2, 0) is 6.61 Å². The Labute approximate surface area is 111 Å². The summed E-state index contributed by atoms with van der Waals surface area (Å²) < 4.78 is 5.83. The van der Waals surface area contributed by atoms with Crippen molar-refractivity contribution < 1.29 is 4.74 Å². The highest BCUT2D eigenvalue weighted by Gasteiger charge is 2.07. The van der Waals surface area contributed by atoms with Crippen LogP contribution in [0.25, 0.3) is 11.3 Å². The number of para-hydroxylation sites is 1. The van der Waals surface area contributed by atoms with Crippen molar-refractivity contribution in [2.45, 2.75) is 6.61 Å². The number of nitrogens with zero attached hydrogens (tertiary/aromatic N) is 2. The monoisotopic (exact) mass is 251 g/mol. The summed E-state index contributed by atoms with van der Waals surface area (Å²) in [4.78, 5) is 11.4. The second-order valence-electron chi connectivity index (χ2n) is 4.06. The summed E-state index contributed by atoms with van der Waals surface area (Å²) in [6.45, 7) is 0.447. The third-order valence-electron chi connectivity index (χ3n) is 2.76. The molecule has 1 aromatic carbocycles. The molecule has 0 saturated carbocycles. The van der Waals surface area contributed by atoms with Crippen molar-refractivity contribution in [1.29, 1.82) is 0 Å².